The Morgan fingerprint density at radius 3 is 2.29 bits per heavy atom. The summed E-state index contributed by atoms with van der Waals surface area (Å²) in [6, 6.07) is 0. The number of hydrogen-bond donors (Lipinski definition) is 1. The lowest BCUT2D eigenvalue weighted by Crippen LogP contribution is -2.63. The predicted molar refractivity (Wildman–Crippen MR) is 71.7 cm³/mol. The zero-order valence-corrected chi connectivity index (χ0v) is 12.0. The Morgan fingerprint density at radius 2 is 1.76 bits per heavy atom. The Kier molecular flexibility index (Phi) is 3.63. The van der Waals surface area contributed by atoms with Gasteiger partial charge in [0.15, 0.2) is 5.69 Å². The van der Waals surface area contributed by atoms with E-state index in [-0.39, 0.29) is 17.3 Å². The van der Waals surface area contributed by atoms with E-state index in [0.29, 0.717) is 13.1 Å². The standard InChI is InChI=1S/C13H16N4O4/c1-13(2)12(21)16(3)4-5-17(13)10(18)8-6-15-9(7-14-8)11(19)20/h6-7H,4-5H2,1-3H3,(H,19,20). The highest BCUT2D eigenvalue weighted by Gasteiger charge is 2.43. The molecular weight excluding hydrogens is 276 g/mol. The van der Waals surface area contributed by atoms with Crippen LogP contribution in [-0.2, 0) is 4.79 Å². The number of carboxylic acid groups (broad SMARTS) is 1. The molecule has 0 aliphatic carbocycles. The van der Waals surface area contributed by atoms with E-state index in [1.54, 1.807) is 25.8 Å². The van der Waals surface area contributed by atoms with Gasteiger partial charge >= 0.3 is 5.97 Å². The molecule has 0 unspecified atom stereocenters. The van der Waals surface area contributed by atoms with E-state index in [1.165, 1.54) is 4.90 Å². The molecule has 1 aliphatic rings. The second-order valence-electron chi connectivity index (χ2n) is 5.33. The first kappa shape index (κ1) is 14.9. The van der Waals surface area contributed by atoms with Gasteiger partial charge in [0.05, 0.1) is 12.4 Å². The maximum Gasteiger partial charge on any atom is 0.356 e. The molecule has 1 aliphatic heterocycles. The maximum atomic E-state index is 12.5. The van der Waals surface area contributed by atoms with E-state index in [1.807, 2.05) is 0 Å². The molecule has 0 spiro atoms. The van der Waals surface area contributed by atoms with E-state index in [4.69, 9.17) is 5.11 Å². The molecule has 0 atom stereocenters. The molecule has 1 fully saturated rings. The highest BCUT2D eigenvalue weighted by atomic mass is 16.4. The highest BCUT2D eigenvalue weighted by molar-refractivity contribution is 5.98. The molecule has 8 heteroatoms. The molecule has 8 nitrogen and oxygen atoms in total. The number of aromatic nitrogens is 2. The van der Waals surface area contributed by atoms with Gasteiger partial charge in [-0.3, -0.25) is 9.59 Å². The number of likely N-dealkylation sites (N-methyl/N-ethyl adjacent to an activating group) is 1. The molecule has 1 N–H and O–H groups in total. The van der Waals surface area contributed by atoms with Crippen molar-refractivity contribution in [1.82, 2.24) is 19.8 Å². The highest BCUT2D eigenvalue weighted by Crippen LogP contribution is 2.23. The molecule has 2 rings (SSSR count). The minimum absolute atomic E-state index is 0.0189. The molecule has 112 valence electrons. The minimum Gasteiger partial charge on any atom is -0.476 e. The van der Waals surface area contributed by atoms with Gasteiger partial charge in [-0.25, -0.2) is 14.8 Å². The second-order valence-corrected chi connectivity index (χ2v) is 5.33. The fourth-order valence-electron chi connectivity index (χ4n) is 2.26. The lowest BCUT2D eigenvalue weighted by molar-refractivity contribution is -0.144. The third-order valence-corrected chi connectivity index (χ3v) is 3.54. The lowest BCUT2D eigenvalue weighted by atomic mass is 9.97. The van der Waals surface area contributed by atoms with Gasteiger partial charge in [0, 0.05) is 20.1 Å². The zero-order chi connectivity index (χ0) is 15.8. The largest absolute Gasteiger partial charge is 0.476 e. The topological polar surface area (TPSA) is 104 Å². The Balaban J connectivity index is 2.27. The zero-order valence-electron chi connectivity index (χ0n) is 12.0. The van der Waals surface area contributed by atoms with Crippen LogP contribution < -0.4 is 0 Å². The Bertz CT molecular complexity index is 597. The average Bonchev–Trinajstić information content (AvgIpc) is 2.44. The first-order valence-electron chi connectivity index (χ1n) is 6.38. The lowest BCUT2D eigenvalue weighted by Gasteiger charge is -2.44. The van der Waals surface area contributed by atoms with Crippen molar-refractivity contribution < 1.29 is 19.5 Å². The maximum absolute atomic E-state index is 12.5. The van der Waals surface area contributed by atoms with Crippen LogP contribution in [0.15, 0.2) is 12.4 Å². The number of nitrogens with zero attached hydrogens (tertiary/aromatic N) is 4. The number of carbonyl (C=O) groups is 3. The molecule has 0 aromatic carbocycles. The number of piperazine rings is 1. The van der Waals surface area contributed by atoms with Crippen LogP contribution in [0.4, 0.5) is 0 Å². The predicted octanol–water partition coefficient (Wildman–Crippen LogP) is -0.132. The summed E-state index contributed by atoms with van der Waals surface area (Å²) >= 11 is 0. The second kappa shape index (κ2) is 5.12. The van der Waals surface area contributed by atoms with Crippen LogP contribution in [0.3, 0.4) is 0 Å². The molecular formula is C13H16N4O4. The van der Waals surface area contributed by atoms with Crippen LogP contribution in [0.25, 0.3) is 0 Å². The van der Waals surface area contributed by atoms with E-state index in [0.717, 1.165) is 12.4 Å². The molecule has 1 aromatic heterocycles. The molecule has 0 radical (unpaired) electrons. The van der Waals surface area contributed by atoms with Crippen molar-refractivity contribution in [1.29, 1.82) is 0 Å². The number of rotatable bonds is 2. The number of carbonyl (C=O) groups excluding carboxylic acids is 2. The first-order valence-corrected chi connectivity index (χ1v) is 6.38. The average molecular weight is 292 g/mol. The van der Waals surface area contributed by atoms with Crippen LogP contribution in [0.5, 0.6) is 0 Å². The van der Waals surface area contributed by atoms with Crippen molar-refractivity contribution in [3.05, 3.63) is 23.8 Å². The first-order chi connectivity index (χ1) is 9.75. The molecule has 0 saturated carbocycles. The Labute approximate surface area is 121 Å². The molecule has 2 heterocycles. The summed E-state index contributed by atoms with van der Waals surface area (Å²) in [4.78, 5) is 45.8. The van der Waals surface area contributed by atoms with Gasteiger partial charge in [0.2, 0.25) is 5.91 Å². The summed E-state index contributed by atoms with van der Waals surface area (Å²) in [5, 5.41) is 8.76. The molecule has 1 saturated heterocycles. The summed E-state index contributed by atoms with van der Waals surface area (Å²) in [5.41, 5.74) is -1.19. The van der Waals surface area contributed by atoms with Gasteiger partial charge in [0.1, 0.15) is 11.2 Å². The SMILES string of the molecule is CN1CCN(C(=O)c2cnc(C(=O)O)cn2)C(C)(C)C1=O. The fourth-order valence-corrected chi connectivity index (χ4v) is 2.26. The van der Waals surface area contributed by atoms with Crippen molar-refractivity contribution in [2.24, 2.45) is 0 Å². The monoisotopic (exact) mass is 292 g/mol. The van der Waals surface area contributed by atoms with Crippen molar-refractivity contribution in [2.75, 3.05) is 20.1 Å². The van der Waals surface area contributed by atoms with Crippen molar-refractivity contribution in [3.8, 4) is 0 Å². The fraction of sp³-hybridized carbons (Fsp3) is 0.462. The molecule has 0 bridgehead atoms. The van der Waals surface area contributed by atoms with Gasteiger partial charge in [-0.15, -0.1) is 0 Å². The summed E-state index contributed by atoms with van der Waals surface area (Å²) in [5.74, 6) is -1.81. The smallest absolute Gasteiger partial charge is 0.356 e. The summed E-state index contributed by atoms with van der Waals surface area (Å²) in [6.07, 6.45) is 2.14. The van der Waals surface area contributed by atoms with Crippen LogP contribution in [-0.4, -0.2) is 68.3 Å². The van der Waals surface area contributed by atoms with Crippen molar-refractivity contribution >= 4 is 17.8 Å². The van der Waals surface area contributed by atoms with Crippen molar-refractivity contribution in [3.63, 3.8) is 0 Å². The van der Waals surface area contributed by atoms with Gasteiger partial charge in [0.25, 0.3) is 5.91 Å². The summed E-state index contributed by atoms with van der Waals surface area (Å²) in [6.45, 7) is 4.16. The van der Waals surface area contributed by atoms with Gasteiger partial charge in [-0.2, -0.15) is 0 Å². The van der Waals surface area contributed by atoms with Crippen LogP contribution >= 0.6 is 0 Å². The Morgan fingerprint density at radius 1 is 1.19 bits per heavy atom. The van der Waals surface area contributed by atoms with Gasteiger partial charge in [-0.1, -0.05) is 0 Å². The normalized spacial score (nSPS) is 17.8. The number of aromatic carboxylic acids is 1. The summed E-state index contributed by atoms with van der Waals surface area (Å²) < 4.78 is 0. The van der Waals surface area contributed by atoms with Gasteiger partial charge in [-0.05, 0) is 13.8 Å². The van der Waals surface area contributed by atoms with Crippen LogP contribution in [0, 0.1) is 0 Å². The van der Waals surface area contributed by atoms with Crippen LogP contribution in [0.2, 0.25) is 0 Å². The number of hydrogen-bond acceptors (Lipinski definition) is 5. The molecule has 21 heavy (non-hydrogen) atoms. The Hall–Kier alpha value is -2.51. The van der Waals surface area contributed by atoms with E-state index >= 15 is 0 Å². The third kappa shape index (κ3) is 2.56. The summed E-state index contributed by atoms with van der Waals surface area (Å²) in [7, 11) is 1.69. The van der Waals surface area contributed by atoms with E-state index in [2.05, 4.69) is 9.97 Å². The van der Waals surface area contributed by atoms with Gasteiger partial charge < -0.3 is 14.9 Å². The molecule has 2 amide bonds. The van der Waals surface area contributed by atoms with Crippen molar-refractivity contribution in [2.45, 2.75) is 19.4 Å². The van der Waals surface area contributed by atoms with E-state index < -0.39 is 17.4 Å². The third-order valence-electron chi connectivity index (χ3n) is 3.54. The van der Waals surface area contributed by atoms with Crippen LogP contribution in [0.1, 0.15) is 34.8 Å². The molecule has 1 aromatic rings. The number of carboxylic acids is 1. The quantitative estimate of drug-likeness (QED) is 0.814. The number of amides is 2. The minimum atomic E-state index is -1.21. The van der Waals surface area contributed by atoms with E-state index in [9.17, 15) is 14.4 Å².